The molecule has 7 heteroatoms. The van der Waals surface area contributed by atoms with Crippen LogP contribution in [0.4, 0.5) is 0 Å². The van der Waals surface area contributed by atoms with E-state index in [0.717, 1.165) is 6.42 Å². The van der Waals surface area contributed by atoms with Gasteiger partial charge in [0.05, 0.1) is 18.3 Å². The largest absolute Gasteiger partial charge is 0.459 e. The Labute approximate surface area is 218 Å². The van der Waals surface area contributed by atoms with Crippen LogP contribution in [0.25, 0.3) is 0 Å². The van der Waals surface area contributed by atoms with Crippen molar-refractivity contribution < 1.29 is 29.2 Å². The van der Waals surface area contributed by atoms with Gasteiger partial charge in [0.2, 0.25) is 0 Å². The maximum atomic E-state index is 12.6. The number of nitrogens with zero attached hydrogens (tertiary/aromatic N) is 1. The minimum absolute atomic E-state index is 0.00346. The van der Waals surface area contributed by atoms with Crippen molar-refractivity contribution in [2.75, 3.05) is 14.1 Å². The summed E-state index contributed by atoms with van der Waals surface area (Å²) in [6.07, 6.45) is 10.2. The van der Waals surface area contributed by atoms with Gasteiger partial charge in [0.25, 0.3) is 0 Å². The molecule has 0 aromatic carbocycles. The summed E-state index contributed by atoms with van der Waals surface area (Å²) in [5, 5.41) is 21.8. The predicted octanol–water partition coefficient (Wildman–Crippen LogP) is 4.10. The summed E-state index contributed by atoms with van der Waals surface area (Å²) in [5.74, 6) is -0.456. The van der Waals surface area contributed by atoms with Crippen LogP contribution in [0.3, 0.4) is 0 Å². The average molecular weight is 508 g/mol. The van der Waals surface area contributed by atoms with Crippen LogP contribution in [0.1, 0.15) is 60.8 Å². The summed E-state index contributed by atoms with van der Waals surface area (Å²) in [6, 6.07) is -0.0759. The Bertz CT molecular complexity index is 765. The summed E-state index contributed by atoms with van der Waals surface area (Å²) in [6.45, 7) is 12.1. The van der Waals surface area contributed by atoms with Gasteiger partial charge in [0.15, 0.2) is 6.29 Å². The summed E-state index contributed by atoms with van der Waals surface area (Å²) < 4.78 is 18.3. The third-order valence-corrected chi connectivity index (χ3v) is 7.60. The topological polar surface area (TPSA) is 88.5 Å². The number of carbonyl (C=O) groups excluding carboxylic acids is 1. The van der Waals surface area contributed by atoms with E-state index in [0.29, 0.717) is 12.8 Å². The van der Waals surface area contributed by atoms with Gasteiger partial charge < -0.3 is 29.3 Å². The van der Waals surface area contributed by atoms with Crippen molar-refractivity contribution in [3.63, 3.8) is 0 Å². The highest BCUT2D eigenvalue weighted by Crippen LogP contribution is 2.31. The van der Waals surface area contributed by atoms with Gasteiger partial charge in [0.1, 0.15) is 12.2 Å². The molecule has 0 spiro atoms. The van der Waals surface area contributed by atoms with Gasteiger partial charge in [-0.2, -0.15) is 0 Å². The number of aliphatic hydroxyl groups is 2. The first-order valence-electron chi connectivity index (χ1n) is 13.5. The molecule has 11 atom stereocenters. The molecule has 2 N–H and O–H groups in total. The second-order valence-corrected chi connectivity index (χ2v) is 11.1. The van der Waals surface area contributed by atoms with E-state index in [9.17, 15) is 15.0 Å². The van der Waals surface area contributed by atoms with Gasteiger partial charge in [0, 0.05) is 24.0 Å². The van der Waals surface area contributed by atoms with Crippen molar-refractivity contribution >= 4 is 5.97 Å². The van der Waals surface area contributed by atoms with E-state index in [4.69, 9.17) is 14.2 Å². The van der Waals surface area contributed by atoms with E-state index in [2.05, 4.69) is 6.92 Å². The fourth-order valence-electron chi connectivity index (χ4n) is 5.27. The molecular weight excluding hydrogens is 458 g/mol. The van der Waals surface area contributed by atoms with E-state index in [1.54, 1.807) is 6.08 Å². The van der Waals surface area contributed by atoms with Crippen LogP contribution in [-0.2, 0) is 19.0 Å². The van der Waals surface area contributed by atoms with Crippen LogP contribution in [0.5, 0.6) is 0 Å². The summed E-state index contributed by atoms with van der Waals surface area (Å²) in [4.78, 5) is 14.6. The number of carbonyl (C=O) groups is 1. The Morgan fingerprint density at radius 3 is 2.28 bits per heavy atom. The summed E-state index contributed by atoms with van der Waals surface area (Å²) in [7, 11) is 3.90. The zero-order valence-corrected chi connectivity index (χ0v) is 23.4. The first-order valence-corrected chi connectivity index (χ1v) is 13.5. The number of allylic oxidation sites excluding steroid dienone is 2. The summed E-state index contributed by atoms with van der Waals surface area (Å²) >= 11 is 0. The predicted molar refractivity (Wildman–Crippen MR) is 142 cm³/mol. The molecule has 0 aromatic rings. The second-order valence-electron chi connectivity index (χ2n) is 11.1. The van der Waals surface area contributed by atoms with Gasteiger partial charge in [-0.25, -0.2) is 4.79 Å². The number of esters is 1. The average Bonchev–Trinajstić information content (AvgIpc) is 2.82. The standard InChI is InChI=1S/C29H49NO6/c1-9-25-18(2)12-10-11-13-24(31)20(4)16-21(5)28(19(3)14-15-26(32)35-25)36-29-27(33)23(30(7)8)17-22(6)34-29/h10-15,18-25,27-29,31,33H,9,16-17H2,1-8H3/b12-10+,13-11+,15-14+/t18-,19-,20+,21-,22+,23-,24+,25+,27+,28+,29-/m0/s1. The second kappa shape index (κ2) is 14.4. The molecule has 1 saturated heterocycles. The zero-order valence-electron chi connectivity index (χ0n) is 23.4. The van der Waals surface area contributed by atoms with Gasteiger partial charge in [-0.1, -0.05) is 65.0 Å². The molecule has 1 fully saturated rings. The lowest BCUT2D eigenvalue weighted by molar-refractivity contribution is -0.277. The first-order chi connectivity index (χ1) is 16.9. The van der Waals surface area contributed by atoms with Gasteiger partial charge in [-0.3, -0.25) is 0 Å². The number of likely N-dealkylation sites (N-methyl/N-ethyl adjacent to an activating group) is 1. The molecule has 36 heavy (non-hydrogen) atoms. The smallest absolute Gasteiger partial charge is 0.330 e. The van der Waals surface area contributed by atoms with E-state index in [1.807, 2.05) is 77.9 Å². The highest BCUT2D eigenvalue weighted by Gasteiger charge is 2.40. The highest BCUT2D eigenvalue weighted by molar-refractivity contribution is 5.82. The Kier molecular flexibility index (Phi) is 12.3. The number of cyclic esters (lactones) is 1. The number of rotatable bonds is 4. The molecule has 2 aliphatic heterocycles. The zero-order chi connectivity index (χ0) is 27.0. The number of hydrogen-bond acceptors (Lipinski definition) is 7. The van der Waals surface area contributed by atoms with Crippen LogP contribution >= 0.6 is 0 Å². The maximum absolute atomic E-state index is 12.6. The molecular formula is C29H49NO6. The van der Waals surface area contributed by atoms with Crippen molar-refractivity contribution in [2.24, 2.45) is 23.7 Å². The van der Waals surface area contributed by atoms with Crippen LogP contribution < -0.4 is 0 Å². The molecule has 0 unspecified atom stereocenters. The van der Waals surface area contributed by atoms with E-state index in [1.165, 1.54) is 6.08 Å². The molecule has 2 heterocycles. The number of ether oxygens (including phenoxy) is 3. The van der Waals surface area contributed by atoms with E-state index in [-0.39, 0.29) is 54.0 Å². The fourth-order valence-corrected chi connectivity index (χ4v) is 5.27. The van der Waals surface area contributed by atoms with Gasteiger partial charge >= 0.3 is 5.97 Å². The Balaban J connectivity index is 2.33. The molecule has 0 amide bonds. The highest BCUT2D eigenvalue weighted by atomic mass is 16.7. The number of aliphatic hydroxyl groups excluding tert-OH is 2. The van der Waals surface area contributed by atoms with Crippen LogP contribution in [0.2, 0.25) is 0 Å². The maximum Gasteiger partial charge on any atom is 0.330 e. The minimum atomic E-state index is -0.797. The van der Waals surface area contributed by atoms with Crippen LogP contribution in [-0.4, -0.2) is 78.0 Å². The SMILES string of the molecule is CC[C@H]1OC(=O)/C=C/[C@H](C)[C@@H](O[C@@H]2O[C@H](C)C[C@H](N(C)C)[C@H]2O)[C@@H](C)C[C@@H](C)[C@H](O)/C=C/C=C/[C@@H]1C. The van der Waals surface area contributed by atoms with Crippen molar-refractivity contribution in [3.8, 4) is 0 Å². The van der Waals surface area contributed by atoms with Gasteiger partial charge in [-0.15, -0.1) is 0 Å². The Morgan fingerprint density at radius 1 is 0.972 bits per heavy atom. The summed E-state index contributed by atoms with van der Waals surface area (Å²) in [5.41, 5.74) is 0. The lowest BCUT2D eigenvalue weighted by atomic mass is 9.84. The monoisotopic (exact) mass is 507 g/mol. The Morgan fingerprint density at radius 2 is 1.64 bits per heavy atom. The normalized spacial score (nSPS) is 44.1. The van der Waals surface area contributed by atoms with E-state index < -0.39 is 18.5 Å². The van der Waals surface area contributed by atoms with E-state index >= 15 is 0 Å². The molecule has 0 bridgehead atoms. The molecule has 206 valence electrons. The van der Waals surface area contributed by atoms with Crippen molar-refractivity contribution in [2.45, 2.75) is 104 Å². The number of hydrogen-bond donors (Lipinski definition) is 2. The molecule has 0 saturated carbocycles. The van der Waals surface area contributed by atoms with Crippen molar-refractivity contribution in [3.05, 3.63) is 36.5 Å². The molecule has 2 rings (SSSR count). The van der Waals surface area contributed by atoms with Crippen molar-refractivity contribution in [1.82, 2.24) is 4.90 Å². The molecule has 0 aliphatic carbocycles. The lowest BCUT2D eigenvalue weighted by Crippen LogP contribution is -2.55. The molecule has 7 nitrogen and oxygen atoms in total. The van der Waals surface area contributed by atoms with Gasteiger partial charge in [-0.05, 0) is 52.1 Å². The third kappa shape index (κ3) is 8.80. The first kappa shape index (κ1) is 30.7. The fraction of sp³-hybridized carbons (Fsp3) is 0.759. The molecule has 0 aromatic heterocycles. The molecule has 0 radical (unpaired) electrons. The Hall–Kier alpha value is -1.51. The minimum Gasteiger partial charge on any atom is -0.459 e. The van der Waals surface area contributed by atoms with Crippen LogP contribution in [0.15, 0.2) is 36.5 Å². The molecule has 2 aliphatic rings. The lowest BCUT2D eigenvalue weighted by Gasteiger charge is -2.43. The van der Waals surface area contributed by atoms with Crippen molar-refractivity contribution in [1.29, 1.82) is 0 Å². The quantitative estimate of drug-likeness (QED) is 0.554. The third-order valence-electron chi connectivity index (χ3n) is 7.60. The van der Waals surface area contributed by atoms with Crippen LogP contribution in [0, 0.1) is 23.7 Å².